The summed E-state index contributed by atoms with van der Waals surface area (Å²) in [6.07, 6.45) is 4.84. The van der Waals surface area contributed by atoms with E-state index < -0.39 is 0 Å². The number of rotatable bonds is 9. The monoisotopic (exact) mass is 286 g/mol. The molecule has 6 heteroatoms. The molecule has 0 aliphatic carbocycles. The smallest absolute Gasteiger partial charge is 0.322 e. The van der Waals surface area contributed by atoms with Gasteiger partial charge in [-0.25, -0.2) is 0 Å². The maximum Gasteiger partial charge on any atom is 0.322 e. The summed E-state index contributed by atoms with van der Waals surface area (Å²) >= 11 is 5.84. The molecule has 0 aromatic carbocycles. The van der Waals surface area contributed by atoms with Crippen LogP contribution >= 0.6 is 11.6 Å². The minimum absolute atomic E-state index is 0.155. The van der Waals surface area contributed by atoms with Crippen LogP contribution in [0.5, 0.6) is 6.01 Å². The second kappa shape index (κ2) is 8.91. The van der Waals surface area contributed by atoms with Gasteiger partial charge in [0.2, 0.25) is 11.2 Å². The zero-order valence-corrected chi connectivity index (χ0v) is 12.7. The van der Waals surface area contributed by atoms with Gasteiger partial charge in [0.25, 0.3) is 0 Å². The maximum atomic E-state index is 5.84. The number of halogens is 1. The average molecular weight is 287 g/mol. The van der Waals surface area contributed by atoms with Crippen LogP contribution < -0.4 is 10.1 Å². The molecule has 0 aliphatic rings. The van der Waals surface area contributed by atoms with E-state index in [1.54, 1.807) is 0 Å². The highest BCUT2D eigenvalue weighted by molar-refractivity contribution is 6.28. The van der Waals surface area contributed by atoms with E-state index in [1.165, 1.54) is 19.3 Å². The lowest BCUT2D eigenvalue weighted by atomic mass is 9.99. The first-order chi connectivity index (χ1) is 9.19. The molecule has 19 heavy (non-hydrogen) atoms. The number of ether oxygens (including phenoxy) is 1. The second-order valence-electron chi connectivity index (χ2n) is 4.44. The van der Waals surface area contributed by atoms with Gasteiger partial charge in [0.15, 0.2) is 0 Å². The van der Waals surface area contributed by atoms with Crippen LogP contribution in [0.1, 0.15) is 46.5 Å². The number of hydrogen-bond acceptors (Lipinski definition) is 5. The molecule has 0 amide bonds. The molecule has 5 nitrogen and oxygen atoms in total. The van der Waals surface area contributed by atoms with E-state index in [0.29, 0.717) is 18.5 Å². The number of nitrogens with one attached hydrogen (secondary N) is 1. The van der Waals surface area contributed by atoms with E-state index >= 15 is 0 Å². The van der Waals surface area contributed by atoms with E-state index in [2.05, 4.69) is 34.1 Å². The molecule has 1 atom stereocenters. The van der Waals surface area contributed by atoms with Gasteiger partial charge < -0.3 is 10.1 Å². The predicted octanol–water partition coefficient (Wildman–Crippen LogP) is 3.55. The van der Waals surface area contributed by atoms with Gasteiger partial charge in [0, 0.05) is 6.54 Å². The molecule has 0 fully saturated rings. The van der Waals surface area contributed by atoms with Crippen LogP contribution in [0, 0.1) is 5.92 Å². The molecule has 1 unspecified atom stereocenters. The van der Waals surface area contributed by atoms with Crippen molar-refractivity contribution in [3.05, 3.63) is 5.28 Å². The summed E-state index contributed by atoms with van der Waals surface area (Å²) in [6, 6.07) is 0.270. The maximum absolute atomic E-state index is 5.84. The molecule has 1 N–H and O–H groups in total. The normalized spacial score (nSPS) is 12.2. The number of nitrogens with zero attached hydrogens (tertiary/aromatic N) is 3. The lowest BCUT2D eigenvalue weighted by Gasteiger charge is -2.15. The van der Waals surface area contributed by atoms with Crippen LogP contribution in [0.15, 0.2) is 0 Å². The van der Waals surface area contributed by atoms with Crippen molar-refractivity contribution in [3.63, 3.8) is 0 Å². The van der Waals surface area contributed by atoms with Crippen molar-refractivity contribution in [2.24, 2.45) is 5.92 Å². The number of anilines is 1. The van der Waals surface area contributed by atoms with E-state index in [-0.39, 0.29) is 11.3 Å². The molecule has 0 saturated carbocycles. The Morgan fingerprint density at radius 2 is 2.00 bits per heavy atom. The Labute approximate surface area is 120 Å². The van der Waals surface area contributed by atoms with Crippen molar-refractivity contribution in [2.75, 3.05) is 18.5 Å². The third-order valence-corrected chi connectivity index (χ3v) is 3.12. The highest BCUT2D eigenvalue weighted by Crippen LogP contribution is 2.15. The summed E-state index contributed by atoms with van der Waals surface area (Å²) < 4.78 is 5.24. The fraction of sp³-hybridized carbons (Fsp3) is 0.769. The molecular weight excluding hydrogens is 264 g/mol. The van der Waals surface area contributed by atoms with Crippen molar-refractivity contribution < 1.29 is 4.74 Å². The lowest BCUT2D eigenvalue weighted by molar-refractivity contribution is 0.312. The standard InChI is InChI=1S/C13H23ClN4O/c1-4-7-8-10(5-2)9-15-12-16-11(14)17-13(18-12)19-6-3/h10H,4-9H2,1-3H3,(H,15,16,17,18). The molecule has 0 radical (unpaired) electrons. The predicted molar refractivity (Wildman–Crippen MR) is 77.8 cm³/mol. The van der Waals surface area contributed by atoms with Gasteiger partial charge in [-0.1, -0.05) is 33.1 Å². The van der Waals surface area contributed by atoms with Gasteiger partial charge in [-0.3, -0.25) is 0 Å². The van der Waals surface area contributed by atoms with Crippen LogP contribution in [0.25, 0.3) is 0 Å². The molecule has 1 heterocycles. The molecular formula is C13H23ClN4O. The fourth-order valence-corrected chi connectivity index (χ4v) is 1.94. The fourth-order valence-electron chi connectivity index (χ4n) is 1.78. The number of unbranched alkanes of at least 4 members (excludes halogenated alkanes) is 1. The van der Waals surface area contributed by atoms with E-state index in [1.807, 2.05) is 6.92 Å². The quantitative estimate of drug-likeness (QED) is 0.752. The molecule has 0 saturated heterocycles. The summed E-state index contributed by atoms with van der Waals surface area (Å²) in [5.74, 6) is 1.12. The van der Waals surface area contributed by atoms with Crippen molar-refractivity contribution in [3.8, 4) is 6.01 Å². The highest BCUT2D eigenvalue weighted by atomic mass is 35.5. The molecule has 1 aromatic heterocycles. The minimum Gasteiger partial charge on any atom is -0.464 e. The topological polar surface area (TPSA) is 59.9 Å². The Bertz CT molecular complexity index is 376. The van der Waals surface area contributed by atoms with Gasteiger partial charge >= 0.3 is 6.01 Å². The third-order valence-electron chi connectivity index (χ3n) is 2.95. The second-order valence-corrected chi connectivity index (χ2v) is 4.78. The summed E-state index contributed by atoms with van der Waals surface area (Å²) in [5.41, 5.74) is 0. The van der Waals surface area contributed by atoms with Gasteiger partial charge in [0.05, 0.1) is 6.61 Å². The molecule has 108 valence electrons. The zero-order valence-electron chi connectivity index (χ0n) is 11.9. The Hall–Kier alpha value is -1.10. The van der Waals surface area contributed by atoms with Gasteiger partial charge in [0.1, 0.15) is 0 Å². The third kappa shape index (κ3) is 6.05. The highest BCUT2D eigenvalue weighted by Gasteiger charge is 2.09. The molecule has 0 bridgehead atoms. The van der Waals surface area contributed by atoms with Crippen LogP contribution in [-0.4, -0.2) is 28.1 Å². The van der Waals surface area contributed by atoms with Crippen molar-refractivity contribution in [1.29, 1.82) is 0 Å². The first-order valence-corrected chi connectivity index (χ1v) is 7.35. The van der Waals surface area contributed by atoms with E-state index in [9.17, 15) is 0 Å². The number of hydrogen-bond donors (Lipinski definition) is 1. The lowest BCUT2D eigenvalue weighted by Crippen LogP contribution is -2.16. The molecule has 0 spiro atoms. The van der Waals surface area contributed by atoms with Crippen molar-refractivity contribution >= 4 is 17.5 Å². The summed E-state index contributed by atoms with van der Waals surface area (Å²) in [7, 11) is 0. The Morgan fingerprint density at radius 3 is 2.63 bits per heavy atom. The Kier molecular flexibility index (Phi) is 7.48. The van der Waals surface area contributed by atoms with Crippen LogP contribution in [0.2, 0.25) is 5.28 Å². The van der Waals surface area contributed by atoms with Crippen molar-refractivity contribution in [2.45, 2.75) is 46.5 Å². The Morgan fingerprint density at radius 1 is 1.21 bits per heavy atom. The van der Waals surface area contributed by atoms with Gasteiger partial charge in [-0.15, -0.1) is 0 Å². The summed E-state index contributed by atoms with van der Waals surface area (Å²) in [5, 5.41) is 3.37. The first kappa shape index (κ1) is 16.0. The molecule has 0 aliphatic heterocycles. The van der Waals surface area contributed by atoms with E-state index in [4.69, 9.17) is 16.3 Å². The van der Waals surface area contributed by atoms with Crippen LogP contribution in [0.4, 0.5) is 5.95 Å². The van der Waals surface area contributed by atoms with Crippen LogP contribution in [-0.2, 0) is 0 Å². The van der Waals surface area contributed by atoms with Crippen LogP contribution in [0.3, 0.4) is 0 Å². The van der Waals surface area contributed by atoms with Gasteiger partial charge in [-0.05, 0) is 30.9 Å². The largest absolute Gasteiger partial charge is 0.464 e. The zero-order chi connectivity index (χ0) is 14.1. The van der Waals surface area contributed by atoms with Crippen molar-refractivity contribution in [1.82, 2.24) is 15.0 Å². The number of aromatic nitrogens is 3. The first-order valence-electron chi connectivity index (χ1n) is 6.97. The SMILES string of the molecule is CCCCC(CC)CNc1nc(Cl)nc(OCC)n1. The summed E-state index contributed by atoms with van der Waals surface area (Å²) in [4.78, 5) is 12.1. The molecule has 1 rings (SSSR count). The Balaban J connectivity index is 2.55. The van der Waals surface area contributed by atoms with E-state index in [0.717, 1.165) is 13.0 Å². The average Bonchev–Trinajstić information content (AvgIpc) is 2.39. The minimum atomic E-state index is 0.155. The summed E-state index contributed by atoms with van der Waals surface area (Å²) in [6.45, 7) is 7.65. The van der Waals surface area contributed by atoms with Gasteiger partial charge in [-0.2, -0.15) is 15.0 Å². The molecule has 1 aromatic rings.